The van der Waals surface area contributed by atoms with Crippen LogP contribution in [0.2, 0.25) is 0 Å². The van der Waals surface area contributed by atoms with E-state index in [2.05, 4.69) is 9.80 Å². The molecule has 168 valence electrons. The van der Waals surface area contributed by atoms with Gasteiger partial charge in [0.25, 0.3) is 5.91 Å². The molecular formula is C23H28F3N3O2. The fourth-order valence-electron chi connectivity index (χ4n) is 3.82. The second-order valence-electron chi connectivity index (χ2n) is 8.01. The summed E-state index contributed by atoms with van der Waals surface area (Å²) in [5.74, 6) is -0.395. The van der Waals surface area contributed by atoms with Gasteiger partial charge in [-0.2, -0.15) is 13.2 Å². The van der Waals surface area contributed by atoms with E-state index in [-0.39, 0.29) is 5.56 Å². The molecule has 0 aromatic heterocycles. The Morgan fingerprint density at radius 2 is 1.74 bits per heavy atom. The lowest BCUT2D eigenvalue weighted by Gasteiger charge is -2.36. The predicted molar refractivity (Wildman–Crippen MR) is 113 cm³/mol. The van der Waals surface area contributed by atoms with Crippen molar-refractivity contribution in [3.8, 4) is 0 Å². The van der Waals surface area contributed by atoms with Gasteiger partial charge in [-0.25, -0.2) is 0 Å². The zero-order chi connectivity index (χ0) is 22.4. The number of piperazine rings is 1. The Kier molecular flexibility index (Phi) is 7.69. The highest BCUT2D eigenvalue weighted by molar-refractivity contribution is 5.94. The van der Waals surface area contributed by atoms with Crippen LogP contribution in [0.4, 0.5) is 13.2 Å². The highest BCUT2D eigenvalue weighted by atomic mass is 19.4. The molecule has 5 nitrogen and oxygen atoms in total. The van der Waals surface area contributed by atoms with Crippen molar-refractivity contribution < 1.29 is 23.1 Å². The molecule has 3 rings (SSSR count). The van der Waals surface area contributed by atoms with Crippen LogP contribution in [-0.4, -0.2) is 78.1 Å². The van der Waals surface area contributed by atoms with Gasteiger partial charge in [0, 0.05) is 51.4 Å². The second kappa shape index (κ2) is 10.3. The third-order valence-electron chi connectivity index (χ3n) is 5.38. The van der Waals surface area contributed by atoms with Crippen molar-refractivity contribution in [2.75, 3.05) is 46.3 Å². The molecule has 1 unspecified atom stereocenters. The molecule has 0 aliphatic carbocycles. The lowest BCUT2D eigenvalue weighted by atomic mass is 10.1. The van der Waals surface area contributed by atoms with E-state index in [0.29, 0.717) is 39.3 Å². The number of β-amino-alcohol motifs (C(OH)–C–C–N with tert-alkyl or cyclic N) is 1. The van der Waals surface area contributed by atoms with Crippen LogP contribution in [0.25, 0.3) is 0 Å². The minimum absolute atomic E-state index is 0.0471. The summed E-state index contributed by atoms with van der Waals surface area (Å²) in [6, 6.07) is 14.6. The number of benzene rings is 2. The Morgan fingerprint density at radius 3 is 2.39 bits per heavy atom. The third kappa shape index (κ3) is 6.78. The molecule has 1 aliphatic rings. The molecule has 2 aromatic rings. The van der Waals surface area contributed by atoms with E-state index < -0.39 is 23.8 Å². The number of hydrogen-bond donors (Lipinski definition) is 1. The first-order valence-corrected chi connectivity index (χ1v) is 10.3. The van der Waals surface area contributed by atoms with E-state index in [4.69, 9.17) is 0 Å². The minimum Gasteiger partial charge on any atom is -0.390 e. The number of rotatable bonds is 7. The van der Waals surface area contributed by atoms with Crippen LogP contribution in [0.1, 0.15) is 21.5 Å². The highest BCUT2D eigenvalue weighted by Crippen LogP contribution is 2.29. The first-order valence-electron chi connectivity index (χ1n) is 10.3. The zero-order valence-electron chi connectivity index (χ0n) is 17.6. The van der Waals surface area contributed by atoms with Gasteiger partial charge < -0.3 is 10.0 Å². The molecule has 1 atom stereocenters. The predicted octanol–water partition coefficient (Wildman–Crippen LogP) is 2.96. The van der Waals surface area contributed by atoms with Gasteiger partial charge in [-0.1, -0.05) is 36.4 Å². The van der Waals surface area contributed by atoms with Crippen LogP contribution in [0, 0.1) is 0 Å². The van der Waals surface area contributed by atoms with E-state index in [0.717, 1.165) is 18.7 Å². The summed E-state index contributed by atoms with van der Waals surface area (Å²) in [7, 11) is 1.96. The molecule has 1 heterocycles. The molecule has 31 heavy (non-hydrogen) atoms. The summed E-state index contributed by atoms with van der Waals surface area (Å²) >= 11 is 0. The van der Waals surface area contributed by atoms with E-state index in [1.165, 1.54) is 17.7 Å². The van der Waals surface area contributed by atoms with Crippen molar-refractivity contribution in [2.24, 2.45) is 0 Å². The average Bonchev–Trinajstić information content (AvgIpc) is 2.74. The lowest BCUT2D eigenvalue weighted by Crippen LogP contribution is -2.51. The number of hydrogen-bond acceptors (Lipinski definition) is 4. The van der Waals surface area contributed by atoms with Crippen LogP contribution in [0.3, 0.4) is 0 Å². The van der Waals surface area contributed by atoms with Crippen molar-refractivity contribution in [2.45, 2.75) is 18.8 Å². The Balaban J connectivity index is 1.45. The molecular weight excluding hydrogens is 407 g/mol. The van der Waals surface area contributed by atoms with E-state index in [1.54, 1.807) is 4.90 Å². The fourth-order valence-corrected chi connectivity index (χ4v) is 3.82. The maximum absolute atomic E-state index is 12.9. The fraction of sp³-hybridized carbons (Fsp3) is 0.435. The quantitative estimate of drug-likeness (QED) is 0.727. The number of aliphatic hydroxyl groups is 1. The monoisotopic (exact) mass is 435 g/mol. The van der Waals surface area contributed by atoms with E-state index >= 15 is 0 Å². The van der Waals surface area contributed by atoms with Crippen LogP contribution in [-0.2, 0) is 12.7 Å². The number of nitrogens with zero attached hydrogens (tertiary/aromatic N) is 3. The summed E-state index contributed by atoms with van der Waals surface area (Å²) in [5.41, 5.74) is 0.407. The summed E-state index contributed by atoms with van der Waals surface area (Å²) in [6.07, 6.45) is -5.00. The molecule has 1 fully saturated rings. The van der Waals surface area contributed by atoms with Gasteiger partial charge >= 0.3 is 6.18 Å². The number of halogens is 3. The van der Waals surface area contributed by atoms with E-state index in [9.17, 15) is 23.1 Å². The van der Waals surface area contributed by atoms with Gasteiger partial charge in [0.15, 0.2) is 0 Å². The van der Waals surface area contributed by atoms with Crippen LogP contribution >= 0.6 is 0 Å². The molecule has 0 radical (unpaired) electrons. The van der Waals surface area contributed by atoms with Crippen molar-refractivity contribution in [1.29, 1.82) is 0 Å². The normalized spacial score (nSPS) is 16.5. The Hall–Kier alpha value is -2.42. The third-order valence-corrected chi connectivity index (χ3v) is 5.38. The summed E-state index contributed by atoms with van der Waals surface area (Å²) < 4.78 is 38.7. The van der Waals surface area contributed by atoms with Gasteiger partial charge in [0.05, 0.1) is 11.7 Å². The second-order valence-corrected chi connectivity index (χ2v) is 8.01. The number of aliphatic hydroxyl groups excluding tert-OH is 1. The van der Waals surface area contributed by atoms with Crippen molar-refractivity contribution in [3.63, 3.8) is 0 Å². The molecule has 0 spiro atoms. The highest BCUT2D eigenvalue weighted by Gasteiger charge is 2.31. The molecule has 0 bridgehead atoms. The van der Waals surface area contributed by atoms with Crippen LogP contribution in [0.15, 0.2) is 54.6 Å². The maximum Gasteiger partial charge on any atom is 0.416 e. The Morgan fingerprint density at radius 1 is 1.06 bits per heavy atom. The number of alkyl halides is 3. The first kappa shape index (κ1) is 23.2. The van der Waals surface area contributed by atoms with Gasteiger partial charge in [-0.05, 0) is 30.8 Å². The molecule has 1 N–H and O–H groups in total. The van der Waals surface area contributed by atoms with Crippen molar-refractivity contribution >= 4 is 5.91 Å². The summed E-state index contributed by atoms with van der Waals surface area (Å²) in [5, 5.41) is 10.4. The van der Waals surface area contributed by atoms with Gasteiger partial charge in [0.1, 0.15) is 0 Å². The number of likely N-dealkylation sites (N-methyl/N-ethyl adjacent to an activating group) is 1. The van der Waals surface area contributed by atoms with Crippen molar-refractivity contribution in [3.05, 3.63) is 71.3 Å². The largest absolute Gasteiger partial charge is 0.416 e. The smallest absolute Gasteiger partial charge is 0.390 e. The molecule has 0 saturated carbocycles. The number of amides is 1. The maximum atomic E-state index is 12.9. The summed E-state index contributed by atoms with van der Waals surface area (Å²) in [4.78, 5) is 18.3. The number of carbonyl (C=O) groups is 1. The standard InChI is InChI=1S/C23H28F3N3O2/c1-27(15-18-6-3-2-4-7-18)16-21(30)17-28-10-12-29(13-11-28)22(31)19-8-5-9-20(14-19)23(24,25)26/h2-9,14,21,30H,10-13,15-17H2,1H3. The van der Waals surface area contributed by atoms with Gasteiger partial charge in [-0.15, -0.1) is 0 Å². The van der Waals surface area contributed by atoms with Gasteiger partial charge in [0.2, 0.25) is 0 Å². The number of carbonyl (C=O) groups excluding carboxylic acids is 1. The zero-order valence-corrected chi connectivity index (χ0v) is 17.6. The van der Waals surface area contributed by atoms with Crippen LogP contribution in [0.5, 0.6) is 0 Å². The Bertz CT molecular complexity index is 853. The molecule has 8 heteroatoms. The molecule has 2 aromatic carbocycles. The van der Waals surface area contributed by atoms with E-state index in [1.807, 2.05) is 37.4 Å². The lowest BCUT2D eigenvalue weighted by molar-refractivity contribution is -0.137. The summed E-state index contributed by atoms with van der Waals surface area (Å²) in [6.45, 7) is 3.75. The average molecular weight is 435 g/mol. The molecule has 1 amide bonds. The SMILES string of the molecule is CN(Cc1ccccc1)CC(O)CN1CCN(C(=O)c2cccc(C(F)(F)F)c2)CC1. The molecule has 1 aliphatic heterocycles. The minimum atomic E-state index is -4.47. The van der Waals surface area contributed by atoms with Gasteiger partial charge in [-0.3, -0.25) is 14.6 Å². The first-order chi connectivity index (χ1) is 14.7. The van der Waals surface area contributed by atoms with Crippen LogP contribution < -0.4 is 0 Å². The topological polar surface area (TPSA) is 47.0 Å². The molecule has 1 saturated heterocycles. The Labute approximate surface area is 180 Å². The van der Waals surface area contributed by atoms with Crippen molar-refractivity contribution in [1.82, 2.24) is 14.7 Å².